The molecular formula is C26H32FNO4. The Labute approximate surface area is 189 Å². The zero-order valence-electron chi connectivity index (χ0n) is 19.0. The van der Waals surface area contributed by atoms with Gasteiger partial charge in [-0.15, -0.1) is 0 Å². The lowest BCUT2D eigenvalue weighted by molar-refractivity contribution is -0.152. The molecule has 1 spiro atoms. The highest BCUT2D eigenvalue weighted by Crippen LogP contribution is 2.47. The number of rotatable bonds is 5. The molecule has 0 bridgehead atoms. The van der Waals surface area contributed by atoms with Crippen molar-refractivity contribution < 1.29 is 23.8 Å². The Hall–Kier alpha value is -2.60. The summed E-state index contributed by atoms with van der Waals surface area (Å²) in [7, 11) is 1.50. The van der Waals surface area contributed by atoms with E-state index in [2.05, 4.69) is 13.8 Å². The molecule has 6 heteroatoms. The lowest BCUT2D eigenvalue weighted by Gasteiger charge is -2.48. The molecule has 4 rings (SSSR count). The number of amides is 1. The molecule has 32 heavy (non-hydrogen) atoms. The van der Waals surface area contributed by atoms with E-state index in [1.807, 2.05) is 17.0 Å². The smallest absolute Gasteiger partial charge is 0.227 e. The second kappa shape index (κ2) is 9.10. The molecule has 2 aliphatic heterocycles. The lowest BCUT2D eigenvalue weighted by Crippen LogP contribution is -2.56. The number of carbonyl (C=O) groups is 1. The highest BCUT2D eigenvalue weighted by Gasteiger charge is 2.50. The molecule has 172 valence electrons. The molecule has 2 aromatic carbocycles. The van der Waals surface area contributed by atoms with Gasteiger partial charge in [0.15, 0.2) is 11.5 Å². The standard InChI is InChI=1S/C26H32FNO4/c1-17(2)21-15-26(16-32-25(21)19-6-8-20(27)9-7-19)11-4-12-28(26)24(30)14-18-5-10-22(29)23(13-18)31-3/h5-10,13,17,21,25,29H,4,11-12,14-16H2,1-3H3/t21-,25-,26-/m0/s1. The number of likely N-dealkylation sites (tertiary alicyclic amines) is 1. The number of aromatic hydroxyl groups is 1. The summed E-state index contributed by atoms with van der Waals surface area (Å²) in [6.07, 6.45) is 2.92. The number of ether oxygens (including phenoxy) is 2. The predicted molar refractivity (Wildman–Crippen MR) is 120 cm³/mol. The molecule has 2 heterocycles. The van der Waals surface area contributed by atoms with E-state index in [9.17, 15) is 14.3 Å². The number of hydrogen-bond acceptors (Lipinski definition) is 4. The number of hydrogen-bond donors (Lipinski definition) is 1. The van der Waals surface area contributed by atoms with Crippen LogP contribution in [0.4, 0.5) is 4.39 Å². The molecule has 0 aromatic heterocycles. The fourth-order valence-electron chi connectivity index (χ4n) is 5.35. The van der Waals surface area contributed by atoms with E-state index >= 15 is 0 Å². The Balaban J connectivity index is 1.53. The Kier molecular flexibility index (Phi) is 6.42. The number of methoxy groups -OCH3 is 1. The first kappa shape index (κ1) is 22.6. The monoisotopic (exact) mass is 441 g/mol. The lowest BCUT2D eigenvalue weighted by atomic mass is 9.73. The Morgan fingerprint density at radius 1 is 1.28 bits per heavy atom. The number of benzene rings is 2. The molecule has 1 N–H and O–H groups in total. The first-order valence-corrected chi connectivity index (χ1v) is 11.4. The number of nitrogens with zero attached hydrogens (tertiary/aromatic N) is 1. The predicted octanol–water partition coefficient (Wildman–Crippen LogP) is 4.88. The normalized spacial score (nSPS) is 25.5. The minimum absolute atomic E-state index is 0.0635. The summed E-state index contributed by atoms with van der Waals surface area (Å²) in [5.41, 5.74) is 1.50. The second-order valence-corrected chi connectivity index (χ2v) is 9.45. The maximum absolute atomic E-state index is 13.4. The van der Waals surface area contributed by atoms with Crippen LogP contribution in [0.1, 0.15) is 50.3 Å². The molecule has 2 fully saturated rings. The van der Waals surface area contributed by atoms with Crippen molar-refractivity contribution in [1.82, 2.24) is 4.90 Å². The second-order valence-electron chi connectivity index (χ2n) is 9.45. The van der Waals surface area contributed by atoms with Crippen molar-refractivity contribution in [3.8, 4) is 11.5 Å². The van der Waals surface area contributed by atoms with Crippen molar-refractivity contribution in [3.05, 3.63) is 59.4 Å². The number of phenolic OH excluding ortho intramolecular Hbond substituents is 1. The average Bonchev–Trinajstić information content (AvgIpc) is 3.18. The van der Waals surface area contributed by atoms with Crippen molar-refractivity contribution in [2.24, 2.45) is 11.8 Å². The first-order chi connectivity index (χ1) is 15.3. The summed E-state index contributed by atoms with van der Waals surface area (Å²) in [6.45, 7) is 5.59. The van der Waals surface area contributed by atoms with Crippen LogP contribution in [0.25, 0.3) is 0 Å². The molecule has 2 saturated heterocycles. The summed E-state index contributed by atoms with van der Waals surface area (Å²) in [6, 6.07) is 11.6. The van der Waals surface area contributed by atoms with Gasteiger partial charge in [0.2, 0.25) is 5.91 Å². The molecule has 5 nitrogen and oxygen atoms in total. The van der Waals surface area contributed by atoms with Crippen LogP contribution in [0.3, 0.4) is 0 Å². The van der Waals surface area contributed by atoms with Gasteiger partial charge in [0.25, 0.3) is 0 Å². The summed E-state index contributed by atoms with van der Waals surface area (Å²) >= 11 is 0. The van der Waals surface area contributed by atoms with Crippen LogP contribution < -0.4 is 4.74 Å². The highest BCUT2D eigenvalue weighted by molar-refractivity contribution is 5.80. The molecular weight excluding hydrogens is 409 g/mol. The van der Waals surface area contributed by atoms with E-state index < -0.39 is 0 Å². The van der Waals surface area contributed by atoms with Crippen molar-refractivity contribution >= 4 is 5.91 Å². The summed E-state index contributed by atoms with van der Waals surface area (Å²) in [5, 5.41) is 9.84. The van der Waals surface area contributed by atoms with Crippen LogP contribution in [-0.4, -0.2) is 41.7 Å². The quantitative estimate of drug-likeness (QED) is 0.719. The third-order valence-electron chi connectivity index (χ3n) is 7.09. The largest absolute Gasteiger partial charge is 0.504 e. The molecule has 1 amide bonds. The van der Waals surface area contributed by atoms with Gasteiger partial charge in [-0.3, -0.25) is 4.79 Å². The summed E-state index contributed by atoms with van der Waals surface area (Å²) in [5.74, 6) is 0.850. The van der Waals surface area contributed by atoms with E-state index in [1.54, 1.807) is 18.2 Å². The van der Waals surface area contributed by atoms with Crippen LogP contribution in [0.2, 0.25) is 0 Å². The van der Waals surface area contributed by atoms with Gasteiger partial charge < -0.3 is 19.5 Å². The van der Waals surface area contributed by atoms with Gasteiger partial charge in [0.05, 0.1) is 31.8 Å². The van der Waals surface area contributed by atoms with E-state index in [0.29, 0.717) is 18.3 Å². The maximum atomic E-state index is 13.4. The molecule has 0 saturated carbocycles. The minimum Gasteiger partial charge on any atom is -0.504 e. The van der Waals surface area contributed by atoms with E-state index in [4.69, 9.17) is 9.47 Å². The molecule has 0 radical (unpaired) electrons. The minimum atomic E-state index is -0.302. The molecule has 3 atom stereocenters. The highest BCUT2D eigenvalue weighted by atomic mass is 19.1. The first-order valence-electron chi connectivity index (χ1n) is 11.4. The zero-order chi connectivity index (χ0) is 22.9. The molecule has 2 aliphatic rings. The van der Waals surface area contributed by atoms with Gasteiger partial charge in [-0.25, -0.2) is 4.39 Å². The van der Waals surface area contributed by atoms with Crippen molar-refractivity contribution in [2.75, 3.05) is 20.3 Å². The van der Waals surface area contributed by atoms with E-state index in [-0.39, 0.29) is 41.5 Å². The number of phenols is 1. The topological polar surface area (TPSA) is 59.0 Å². The van der Waals surface area contributed by atoms with Crippen molar-refractivity contribution in [1.29, 1.82) is 0 Å². The Morgan fingerprint density at radius 3 is 2.72 bits per heavy atom. The van der Waals surface area contributed by atoms with Gasteiger partial charge in [-0.1, -0.05) is 32.0 Å². The fraction of sp³-hybridized carbons (Fsp3) is 0.500. The SMILES string of the molecule is COc1cc(CC(=O)N2CCC[C@]23CO[C@@H](c2ccc(F)cc2)[C@H](C(C)C)C3)ccc1O. The molecule has 2 aromatic rings. The Bertz CT molecular complexity index is 961. The molecule has 0 aliphatic carbocycles. The van der Waals surface area contributed by atoms with Crippen molar-refractivity contribution in [2.45, 2.75) is 51.2 Å². The van der Waals surface area contributed by atoms with Crippen LogP contribution in [0.15, 0.2) is 42.5 Å². The van der Waals surface area contributed by atoms with Crippen LogP contribution in [0, 0.1) is 17.7 Å². The average molecular weight is 442 g/mol. The van der Waals surface area contributed by atoms with Crippen LogP contribution >= 0.6 is 0 Å². The summed E-state index contributed by atoms with van der Waals surface area (Å²) in [4.78, 5) is 15.4. The van der Waals surface area contributed by atoms with E-state index in [0.717, 1.165) is 36.9 Å². The number of halogens is 1. The van der Waals surface area contributed by atoms with Crippen LogP contribution in [-0.2, 0) is 16.0 Å². The van der Waals surface area contributed by atoms with Gasteiger partial charge in [0.1, 0.15) is 5.82 Å². The number of carbonyl (C=O) groups excluding carboxylic acids is 1. The fourth-order valence-corrected chi connectivity index (χ4v) is 5.35. The van der Waals surface area contributed by atoms with Gasteiger partial charge in [-0.2, -0.15) is 0 Å². The maximum Gasteiger partial charge on any atom is 0.227 e. The van der Waals surface area contributed by atoms with Gasteiger partial charge >= 0.3 is 0 Å². The Morgan fingerprint density at radius 2 is 2.03 bits per heavy atom. The van der Waals surface area contributed by atoms with Gasteiger partial charge in [-0.05, 0) is 66.5 Å². The van der Waals surface area contributed by atoms with E-state index in [1.165, 1.54) is 19.2 Å². The zero-order valence-corrected chi connectivity index (χ0v) is 19.0. The molecule has 0 unspecified atom stereocenters. The third kappa shape index (κ3) is 4.33. The summed E-state index contributed by atoms with van der Waals surface area (Å²) < 4.78 is 25.0. The van der Waals surface area contributed by atoms with Crippen molar-refractivity contribution in [3.63, 3.8) is 0 Å². The van der Waals surface area contributed by atoms with Gasteiger partial charge in [0, 0.05) is 6.54 Å². The van der Waals surface area contributed by atoms with Crippen LogP contribution in [0.5, 0.6) is 11.5 Å². The third-order valence-corrected chi connectivity index (χ3v) is 7.09.